The summed E-state index contributed by atoms with van der Waals surface area (Å²) in [6.45, 7) is 5.29. The molecule has 0 saturated heterocycles. The summed E-state index contributed by atoms with van der Waals surface area (Å²) in [4.78, 5) is 32.7. The summed E-state index contributed by atoms with van der Waals surface area (Å²) in [7, 11) is 0. The van der Waals surface area contributed by atoms with E-state index in [2.05, 4.69) is 19.2 Å². The summed E-state index contributed by atoms with van der Waals surface area (Å²) in [5.74, 6) is 1.31. The number of fused-ring (bicyclic) bond motifs is 3. The predicted molar refractivity (Wildman–Crippen MR) is 121 cm³/mol. The average Bonchev–Trinajstić information content (AvgIpc) is 3.37. The van der Waals surface area contributed by atoms with E-state index >= 15 is 0 Å². The van der Waals surface area contributed by atoms with E-state index in [0.717, 1.165) is 35.9 Å². The smallest absolute Gasteiger partial charge is 0.263 e. The second-order valence-electron chi connectivity index (χ2n) is 8.07. The summed E-state index contributed by atoms with van der Waals surface area (Å²) in [5.41, 5.74) is 1.27. The van der Waals surface area contributed by atoms with Crippen molar-refractivity contribution in [1.29, 1.82) is 0 Å². The number of aromatic nitrogens is 2. The highest BCUT2D eigenvalue weighted by Crippen LogP contribution is 2.34. The molecule has 0 fully saturated rings. The number of furan rings is 1. The molecule has 0 unspecified atom stereocenters. The van der Waals surface area contributed by atoms with Gasteiger partial charge >= 0.3 is 0 Å². The molecule has 0 saturated carbocycles. The minimum atomic E-state index is -0.105. The Morgan fingerprint density at radius 3 is 2.97 bits per heavy atom. The first-order valence-electron chi connectivity index (χ1n) is 10.5. The van der Waals surface area contributed by atoms with Gasteiger partial charge in [-0.1, -0.05) is 25.6 Å². The molecule has 0 atom stereocenters. The van der Waals surface area contributed by atoms with Crippen molar-refractivity contribution in [3.8, 4) is 0 Å². The third-order valence-corrected chi connectivity index (χ3v) is 7.50. The summed E-state index contributed by atoms with van der Waals surface area (Å²) in [6.07, 6.45) is 6.81. The maximum atomic E-state index is 13.4. The Kier molecular flexibility index (Phi) is 6.63. The summed E-state index contributed by atoms with van der Waals surface area (Å²) in [5, 5.41) is 4.30. The van der Waals surface area contributed by atoms with Gasteiger partial charge in [0.2, 0.25) is 5.91 Å². The molecule has 6 nitrogen and oxygen atoms in total. The number of nitrogens with one attached hydrogen (secondary N) is 1. The Labute approximate surface area is 184 Å². The molecule has 30 heavy (non-hydrogen) atoms. The molecule has 1 amide bonds. The molecule has 160 valence electrons. The zero-order valence-electron chi connectivity index (χ0n) is 17.4. The van der Waals surface area contributed by atoms with Crippen molar-refractivity contribution < 1.29 is 9.21 Å². The van der Waals surface area contributed by atoms with Crippen molar-refractivity contribution in [3.05, 3.63) is 45.0 Å². The Hall–Kier alpha value is -2.06. The number of amides is 1. The van der Waals surface area contributed by atoms with Crippen LogP contribution < -0.4 is 10.9 Å². The van der Waals surface area contributed by atoms with Gasteiger partial charge in [-0.05, 0) is 55.7 Å². The lowest BCUT2D eigenvalue weighted by Crippen LogP contribution is -2.27. The van der Waals surface area contributed by atoms with E-state index in [1.165, 1.54) is 28.6 Å². The van der Waals surface area contributed by atoms with E-state index in [9.17, 15) is 9.59 Å². The van der Waals surface area contributed by atoms with Gasteiger partial charge in [0.1, 0.15) is 10.6 Å². The van der Waals surface area contributed by atoms with Crippen LogP contribution in [0.5, 0.6) is 0 Å². The van der Waals surface area contributed by atoms with E-state index in [4.69, 9.17) is 9.40 Å². The van der Waals surface area contributed by atoms with Crippen molar-refractivity contribution in [2.45, 2.75) is 64.2 Å². The number of carbonyl (C=O) groups is 1. The number of carbonyl (C=O) groups excluding carboxylic acids is 1. The third-order valence-electron chi connectivity index (χ3n) is 5.34. The minimum Gasteiger partial charge on any atom is -0.467 e. The van der Waals surface area contributed by atoms with Gasteiger partial charge in [0, 0.05) is 11.4 Å². The van der Waals surface area contributed by atoms with Gasteiger partial charge in [-0.25, -0.2) is 4.98 Å². The SMILES string of the molecule is CC(C)CCn1c(SCC(=O)NCc2ccco2)nc2sc3c(c2c1=O)CCCC3. The Morgan fingerprint density at radius 2 is 2.20 bits per heavy atom. The molecule has 0 radical (unpaired) electrons. The predicted octanol–water partition coefficient (Wildman–Crippen LogP) is 4.38. The average molecular weight is 446 g/mol. The Balaban J connectivity index is 1.57. The maximum absolute atomic E-state index is 13.4. The van der Waals surface area contributed by atoms with Crippen LogP contribution in [0.15, 0.2) is 32.8 Å². The van der Waals surface area contributed by atoms with E-state index in [1.807, 2.05) is 6.07 Å². The number of thioether (sulfide) groups is 1. The van der Waals surface area contributed by atoms with Gasteiger partial charge in [-0.3, -0.25) is 14.2 Å². The molecular weight excluding hydrogens is 418 g/mol. The minimum absolute atomic E-state index is 0.0542. The van der Waals surface area contributed by atoms with Crippen molar-refractivity contribution in [1.82, 2.24) is 14.9 Å². The Morgan fingerprint density at radius 1 is 1.37 bits per heavy atom. The van der Waals surface area contributed by atoms with Crippen LogP contribution in [-0.4, -0.2) is 21.2 Å². The molecule has 1 aliphatic carbocycles. The Bertz CT molecular complexity index is 1080. The van der Waals surface area contributed by atoms with Crippen molar-refractivity contribution in [3.63, 3.8) is 0 Å². The monoisotopic (exact) mass is 445 g/mol. The van der Waals surface area contributed by atoms with E-state index in [0.29, 0.717) is 29.9 Å². The highest BCUT2D eigenvalue weighted by molar-refractivity contribution is 7.99. The highest BCUT2D eigenvalue weighted by atomic mass is 32.2. The van der Waals surface area contributed by atoms with Crippen LogP contribution in [0.2, 0.25) is 0 Å². The second kappa shape index (κ2) is 9.39. The lowest BCUT2D eigenvalue weighted by Gasteiger charge is -2.14. The van der Waals surface area contributed by atoms with Gasteiger partial charge in [-0.15, -0.1) is 11.3 Å². The first kappa shape index (κ1) is 21.2. The third kappa shape index (κ3) is 4.64. The van der Waals surface area contributed by atoms with Gasteiger partial charge in [0.15, 0.2) is 5.16 Å². The number of hydrogen-bond donors (Lipinski definition) is 1. The van der Waals surface area contributed by atoms with Crippen LogP contribution in [0.25, 0.3) is 10.2 Å². The molecule has 0 bridgehead atoms. The van der Waals surface area contributed by atoms with Gasteiger partial charge in [0.25, 0.3) is 5.56 Å². The maximum Gasteiger partial charge on any atom is 0.263 e. The molecule has 3 aromatic rings. The second-order valence-corrected chi connectivity index (χ2v) is 10.1. The summed E-state index contributed by atoms with van der Waals surface area (Å²) in [6, 6.07) is 3.62. The van der Waals surface area contributed by atoms with Crippen LogP contribution in [-0.2, 0) is 30.7 Å². The number of nitrogens with zero attached hydrogens (tertiary/aromatic N) is 2. The molecule has 0 aromatic carbocycles. The van der Waals surface area contributed by atoms with E-state index in [1.54, 1.807) is 28.2 Å². The normalized spacial score (nSPS) is 13.7. The molecule has 3 aromatic heterocycles. The molecule has 3 heterocycles. The van der Waals surface area contributed by atoms with Gasteiger partial charge < -0.3 is 9.73 Å². The van der Waals surface area contributed by atoms with Crippen molar-refractivity contribution in [2.24, 2.45) is 5.92 Å². The zero-order valence-corrected chi connectivity index (χ0v) is 19.0. The number of rotatable bonds is 8. The summed E-state index contributed by atoms with van der Waals surface area (Å²) < 4.78 is 7.03. The number of aryl methyl sites for hydroxylation is 2. The van der Waals surface area contributed by atoms with E-state index in [-0.39, 0.29) is 17.2 Å². The summed E-state index contributed by atoms with van der Waals surface area (Å²) >= 11 is 2.99. The zero-order chi connectivity index (χ0) is 21.1. The molecule has 0 spiro atoms. The van der Waals surface area contributed by atoms with Crippen molar-refractivity contribution >= 4 is 39.2 Å². The molecular formula is C22H27N3O3S2. The largest absolute Gasteiger partial charge is 0.467 e. The van der Waals surface area contributed by atoms with Gasteiger partial charge in [0.05, 0.1) is 23.9 Å². The lowest BCUT2D eigenvalue weighted by molar-refractivity contribution is -0.118. The van der Waals surface area contributed by atoms with Crippen LogP contribution >= 0.6 is 23.1 Å². The molecule has 1 N–H and O–H groups in total. The fourth-order valence-electron chi connectivity index (χ4n) is 3.69. The van der Waals surface area contributed by atoms with Crippen LogP contribution in [0.1, 0.15) is 49.3 Å². The number of thiophene rings is 1. The highest BCUT2D eigenvalue weighted by Gasteiger charge is 2.22. The number of hydrogen-bond acceptors (Lipinski definition) is 6. The van der Waals surface area contributed by atoms with Crippen LogP contribution in [0, 0.1) is 5.92 Å². The molecule has 8 heteroatoms. The fourth-order valence-corrected chi connectivity index (χ4v) is 5.85. The first-order valence-corrected chi connectivity index (χ1v) is 12.3. The van der Waals surface area contributed by atoms with Crippen molar-refractivity contribution in [2.75, 3.05) is 5.75 Å². The van der Waals surface area contributed by atoms with Crippen LogP contribution in [0.3, 0.4) is 0 Å². The van der Waals surface area contributed by atoms with Crippen LogP contribution in [0.4, 0.5) is 0 Å². The molecule has 0 aliphatic heterocycles. The lowest BCUT2D eigenvalue weighted by atomic mass is 9.97. The quantitative estimate of drug-likeness (QED) is 0.411. The standard InChI is InChI=1S/C22H27N3O3S2/c1-14(2)9-10-25-21(27)19-16-7-3-4-8-17(16)30-20(19)24-22(25)29-13-18(26)23-12-15-6-5-11-28-15/h5-6,11,14H,3-4,7-10,12-13H2,1-2H3,(H,23,26). The topological polar surface area (TPSA) is 77.1 Å². The first-order chi connectivity index (χ1) is 14.5. The molecule has 1 aliphatic rings. The fraction of sp³-hybridized carbons (Fsp3) is 0.500. The van der Waals surface area contributed by atoms with E-state index < -0.39 is 0 Å². The van der Waals surface area contributed by atoms with Gasteiger partial charge in [-0.2, -0.15) is 0 Å². The molecule has 4 rings (SSSR count).